The van der Waals surface area contributed by atoms with Crippen molar-refractivity contribution in [2.45, 2.75) is 6.54 Å². The summed E-state index contributed by atoms with van der Waals surface area (Å²) in [7, 11) is 0. The molecule has 3 nitrogen and oxygen atoms in total. The fourth-order valence-corrected chi connectivity index (χ4v) is 2.09. The molecular weight excluding hydrogens is 220 g/mol. The van der Waals surface area contributed by atoms with Crippen molar-refractivity contribution in [1.82, 2.24) is 0 Å². The van der Waals surface area contributed by atoms with Crippen LogP contribution in [0.25, 0.3) is 0 Å². The zero-order valence-electron chi connectivity index (χ0n) is 8.47. The first-order chi connectivity index (χ1) is 7.78. The summed E-state index contributed by atoms with van der Waals surface area (Å²) < 4.78 is 0. The number of nitrogens with one attached hydrogen (secondary N) is 1. The normalized spacial score (nSPS) is 9.69. The van der Waals surface area contributed by atoms with Gasteiger partial charge < -0.3 is 10.4 Å². The number of hydrogen-bond donors (Lipinski definition) is 2. The summed E-state index contributed by atoms with van der Waals surface area (Å²) in [4.78, 5) is 1.10. The first-order valence-corrected chi connectivity index (χ1v) is 5.66. The van der Waals surface area contributed by atoms with Gasteiger partial charge in [0.2, 0.25) is 0 Å². The maximum atomic E-state index is 9.27. The average molecular weight is 230 g/mol. The van der Waals surface area contributed by atoms with E-state index in [1.807, 2.05) is 17.5 Å². The van der Waals surface area contributed by atoms with Gasteiger partial charge in [0.1, 0.15) is 11.8 Å². The molecule has 1 heterocycles. The topological polar surface area (TPSA) is 56.0 Å². The lowest BCUT2D eigenvalue weighted by atomic mass is 10.3. The van der Waals surface area contributed by atoms with Gasteiger partial charge in [-0.1, -0.05) is 6.07 Å². The van der Waals surface area contributed by atoms with Crippen molar-refractivity contribution in [2.75, 3.05) is 5.32 Å². The van der Waals surface area contributed by atoms with E-state index in [2.05, 4.69) is 11.4 Å². The molecule has 0 spiro atoms. The van der Waals surface area contributed by atoms with Gasteiger partial charge in [0.25, 0.3) is 0 Å². The van der Waals surface area contributed by atoms with Crippen molar-refractivity contribution in [1.29, 1.82) is 5.26 Å². The number of anilines is 1. The highest BCUT2D eigenvalue weighted by atomic mass is 32.1. The van der Waals surface area contributed by atoms with E-state index in [0.29, 0.717) is 12.1 Å². The van der Waals surface area contributed by atoms with Gasteiger partial charge in [-0.2, -0.15) is 5.26 Å². The maximum absolute atomic E-state index is 9.27. The fraction of sp³-hybridized carbons (Fsp3) is 0.0833. The third-order valence-corrected chi connectivity index (χ3v) is 3.03. The van der Waals surface area contributed by atoms with E-state index in [4.69, 9.17) is 5.26 Å². The molecule has 0 unspecified atom stereocenters. The molecule has 16 heavy (non-hydrogen) atoms. The molecule has 0 saturated heterocycles. The van der Waals surface area contributed by atoms with Gasteiger partial charge >= 0.3 is 0 Å². The minimum absolute atomic E-state index is 0.244. The molecule has 2 N–H and O–H groups in total. The molecule has 0 aliphatic rings. The molecule has 80 valence electrons. The smallest absolute Gasteiger partial charge is 0.117 e. The number of benzene rings is 1. The predicted octanol–water partition coefficient (Wildman–Crippen LogP) is 2.94. The quantitative estimate of drug-likeness (QED) is 0.852. The van der Waals surface area contributed by atoms with E-state index in [1.165, 1.54) is 0 Å². The van der Waals surface area contributed by atoms with Crippen LogP contribution in [0.4, 0.5) is 5.69 Å². The molecule has 0 saturated carbocycles. The number of nitriles is 1. The summed E-state index contributed by atoms with van der Waals surface area (Å²) >= 11 is 1.55. The maximum Gasteiger partial charge on any atom is 0.117 e. The second kappa shape index (κ2) is 4.69. The average Bonchev–Trinajstić information content (AvgIpc) is 2.74. The molecule has 2 aromatic rings. The zero-order valence-corrected chi connectivity index (χ0v) is 9.29. The highest BCUT2D eigenvalue weighted by molar-refractivity contribution is 7.10. The summed E-state index contributed by atoms with van der Waals surface area (Å²) in [5.41, 5.74) is 1.56. The van der Waals surface area contributed by atoms with E-state index < -0.39 is 0 Å². The van der Waals surface area contributed by atoms with Crippen LogP contribution in [0, 0.1) is 11.3 Å². The van der Waals surface area contributed by atoms with Crippen molar-refractivity contribution >= 4 is 17.0 Å². The number of nitrogens with zero attached hydrogens (tertiary/aromatic N) is 1. The SMILES string of the molecule is N#Cc1csc(CNc2cccc(O)c2)c1. The number of thiophene rings is 1. The van der Waals surface area contributed by atoms with Crippen LogP contribution in [0.15, 0.2) is 35.7 Å². The first-order valence-electron chi connectivity index (χ1n) is 4.78. The number of phenols is 1. The molecule has 0 radical (unpaired) electrons. The number of hydrogen-bond acceptors (Lipinski definition) is 4. The van der Waals surface area contributed by atoms with Crippen molar-refractivity contribution in [3.05, 3.63) is 46.2 Å². The lowest BCUT2D eigenvalue weighted by molar-refractivity contribution is 0.475. The van der Waals surface area contributed by atoms with Crippen LogP contribution in [0.3, 0.4) is 0 Å². The molecule has 1 aromatic heterocycles. The molecule has 1 aromatic carbocycles. The first kappa shape index (κ1) is 10.5. The molecule has 4 heteroatoms. The number of rotatable bonds is 3. The fourth-order valence-electron chi connectivity index (χ4n) is 1.34. The Labute approximate surface area is 97.6 Å². The second-order valence-electron chi connectivity index (χ2n) is 3.32. The Morgan fingerprint density at radius 2 is 2.25 bits per heavy atom. The number of aromatic hydroxyl groups is 1. The third kappa shape index (κ3) is 2.53. The molecule has 0 amide bonds. The van der Waals surface area contributed by atoms with Crippen LogP contribution in [-0.2, 0) is 6.54 Å². The Bertz CT molecular complexity index is 528. The highest BCUT2D eigenvalue weighted by Gasteiger charge is 1.99. The van der Waals surface area contributed by atoms with E-state index in [0.717, 1.165) is 10.6 Å². The largest absolute Gasteiger partial charge is 0.508 e. The second-order valence-corrected chi connectivity index (χ2v) is 4.31. The van der Waals surface area contributed by atoms with Crippen LogP contribution >= 0.6 is 11.3 Å². The Hall–Kier alpha value is -1.99. The molecular formula is C12H10N2OS. The van der Waals surface area contributed by atoms with E-state index in [-0.39, 0.29) is 5.75 Å². The van der Waals surface area contributed by atoms with Gasteiger partial charge in [-0.15, -0.1) is 11.3 Å². The summed E-state index contributed by atoms with van der Waals surface area (Å²) in [5, 5.41) is 23.0. The molecule has 0 aliphatic carbocycles. The Balaban J connectivity index is 2.00. The molecule has 0 aliphatic heterocycles. The van der Waals surface area contributed by atoms with Crippen LogP contribution in [-0.4, -0.2) is 5.11 Å². The van der Waals surface area contributed by atoms with Gasteiger partial charge in [-0.3, -0.25) is 0 Å². The van der Waals surface area contributed by atoms with Crippen LogP contribution < -0.4 is 5.32 Å². The summed E-state index contributed by atoms with van der Waals surface area (Å²) in [5.74, 6) is 0.244. The Morgan fingerprint density at radius 3 is 2.94 bits per heavy atom. The van der Waals surface area contributed by atoms with Gasteiger partial charge in [0.15, 0.2) is 0 Å². The van der Waals surface area contributed by atoms with Crippen molar-refractivity contribution in [3.63, 3.8) is 0 Å². The van der Waals surface area contributed by atoms with Crippen molar-refractivity contribution in [3.8, 4) is 11.8 Å². The third-order valence-electron chi connectivity index (χ3n) is 2.10. The van der Waals surface area contributed by atoms with Crippen LogP contribution in [0.2, 0.25) is 0 Å². The number of phenolic OH excluding ortho intramolecular Hbond substituents is 1. The van der Waals surface area contributed by atoms with E-state index in [9.17, 15) is 5.11 Å². The van der Waals surface area contributed by atoms with Gasteiger partial charge in [0.05, 0.1) is 5.56 Å². The van der Waals surface area contributed by atoms with Crippen LogP contribution in [0.5, 0.6) is 5.75 Å². The van der Waals surface area contributed by atoms with Crippen molar-refractivity contribution < 1.29 is 5.11 Å². The minimum atomic E-state index is 0.244. The lowest BCUT2D eigenvalue weighted by Gasteiger charge is -2.04. The van der Waals surface area contributed by atoms with E-state index >= 15 is 0 Å². The molecule has 0 bridgehead atoms. The Kier molecular flexibility index (Phi) is 3.08. The van der Waals surface area contributed by atoms with Gasteiger partial charge in [-0.05, 0) is 18.2 Å². The highest BCUT2D eigenvalue weighted by Crippen LogP contribution is 2.18. The summed E-state index contributed by atoms with van der Waals surface area (Å²) in [6, 6.07) is 10.9. The monoisotopic (exact) mass is 230 g/mol. The van der Waals surface area contributed by atoms with Crippen LogP contribution in [0.1, 0.15) is 10.4 Å². The van der Waals surface area contributed by atoms with Gasteiger partial charge in [0, 0.05) is 28.6 Å². The zero-order chi connectivity index (χ0) is 11.4. The predicted molar refractivity (Wildman–Crippen MR) is 64.5 cm³/mol. The van der Waals surface area contributed by atoms with E-state index in [1.54, 1.807) is 29.5 Å². The Morgan fingerprint density at radius 1 is 1.38 bits per heavy atom. The summed E-state index contributed by atoms with van der Waals surface area (Å²) in [6.45, 7) is 0.662. The summed E-state index contributed by atoms with van der Waals surface area (Å²) in [6.07, 6.45) is 0. The molecule has 0 atom stereocenters. The lowest BCUT2D eigenvalue weighted by Crippen LogP contribution is -1.96. The van der Waals surface area contributed by atoms with Gasteiger partial charge in [-0.25, -0.2) is 0 Å². The van der Waals surface area contributed by atoms with Crippen molar-refractivity contribution in [2.24, 2.45) is 0 Å². The molecule has 2 rings (SSSR count). The molecule has 0 fully saturated rings. The standard InChI is InChI=1S/C12H10N2OS/c13-6-9-4-12(16-8-9)7-14-10-2-1-3-11(15)5-10/h1-5,8,14-15H,7H2. The minimum Gasteiger partial charge on any atom is -0.508 e.